The molecular weight excluding hydrogens is 408 g/mol. The lowest BCUT2D eigenvalue weighted by atomic mass is 10.2. The molecule has 0 radical (unpaired) electrons. The van der Waals surface area contributed by atoms with Crippen LogP contribution in [0.3, 0.4) is 0 Å². The third-order valence-electron chi connectivity index (χ3n) is 1.63. The first-order chi connectivity index (χ1) is 6.29. The standard InChI is InChI=1S/C9H5I2NS/c10-7-8(13-12-9(7)11)6-4-2-1-3-5-6/h1-5H. The number of hydrogen-bond donors (Lipinski definition) is 0. The van der Waals surface area contributed by atoms with Crippen molar-refractivity contribution in [2.45, 2.75) is 0 Å². The average molecular weight is 413 g/mol. The molecule has 1 aromatic carbocycles. The summed E-state index contributed by atoms with van der Waals surface area (Å²) in [6, 6.07) is 10.4. The molecule has 0 saturated heterocycles. The van der Waals surface area contributed by atoms with E-state index in [1.807, 2.05) is 6.07 Å². The van der Waals surface area contributed by atoms with Crippen LogP contribution in [0.2, 0.25) is 0 Å². The van der Waals surface area contributed by atoms with E-state index in [1.54, 1.807) is 11.5 Å². The van der Waals surface area contributed by atoms with Crippen molar-refractivity contribution in [2.24, 2.45) is 0 Å². The molecular formula is C9H5I2NS. The second kappa shape index (κ2) is 4.22. The van der Waals surface area contributed by atoms with Crippen LogP contribution in [0.15, 0.2) is 30.3 Å². The zero-order chi connectivity index (χ0) is 9.26. The molecule has 13 heavy (non-hydrogen) atoms. The van der Waals surface area contributed by atoms with Gasteiger partial charge in [-0.1, -0.05) is 30.3 Å². The van der Waals surface area contributed by atoms with E-state index in [2.05, 4.69) is 73.8 Å². The normalized spacial score (nSPS) is 10.3. The molecule has 1 heterocycles. The Morgan fingerprint density at radius 3 is 2.31 bits per heavy atom. The molecule has 1 aromatic heterocycles. The summed E-state index contributed by atoms with van der Waals surface area (Å²) < 4.78 is 6.67. The van der Waals surface area contributed by atoms with Crippen LogP contribution in [0.25, 0.3) is 10.4 Å². The van der Waals surface area contributed by atoms with Gasteiger partial charge in [0, 0.05) is 0 Å². The maximum absolute atomic E-state index is 4.31. The van der Waals surface area contributed by atoms with Gasteiger partial charge in [-0.15, -0.1) is 0 Å². The van der Waals surface area contributed by atoms with Crippen molar-refractivity contribution in [1.29, 1.82) is 0 Å². The lowest BCUT2D eigenvalue weighted by molar-refractivity contribution is 1.46. The monoisotopic (exact) mass is 413 g/mol. The van der Waals surface area contributed by atoms with Crippen molar-refractivity contribution >= 4 is 56.7 Å². The summed E-state index contributed by atoms with van der Waals surface area (Å²) in [6.45, 7) is 0. The van der Waals surface area contributed by atoms with Crippen LogP contribution < -0.4 is 0 Å². The molecule has 0 N–H and O–H groups in total. The Balaban J connectivity index is 2.53. The Kier molecular flexibility index (Phi) is 3.20. The van der Waals surface area contributed by atoms with E-state index in [0.29, 0.717) is 0 Å². The number of benzene rings is 1. The topological polar surface area (TPSA) is 12.9 Å². The molecule has 2 aromatic rings. The predicted molar refractivity (Wildman–Crippen MR) is 73.0 cm³/mol. The van der Waals surface area contributed by atoms with Crippen LogP contribution in [-0.2, 0) is 0 Å². The highest BCUT2D eigenvalue weighted by atomic mass is 127. The second-order valence-electron chi connectivity index (χ2n) is 2.48. The third-order valence-corrected chi connectivity index (χ3v) is 6.09. The molecule has 2 rings (SSSR count). The van der Waals surface area contributed by atoms with Crippen LogP contribution in [0.1, 0.15) is 0 Å². The van der Waals surface area contributed by atoms with Crippen molar-refractivity contribution < 1.29 is 0 Å². The van der Waals surface area contributed by atoms with Gasteiger partial charge in [0.2, 0.25) is 0 Å². The molecule has 0 fully saturated rings. The Morgan fingerprint density at radius 1 is 1.08 bits per heavy atom. The van der Waals surface area contributed by atoms with Gasteiger partial charge < -0.3 is 0 Å². The largest absolute Gasteiger partial charge is 0.185 e. The van der Waals surface area contributed by atoms with Gasteiger partial charge in [0.1, 0.15) is 3.70 Å². The van der Waals surface area contributed by atoms with Crippen molar-refractivity contribution in [2.75, 3.05) is 0 Å². The summed E-state index contributed by atoms with van der Waals surface area (Å²) in [7, 11) is 0. The summed E-state index contributed by atoms with van der Waals surface area (Å²) in [5.41, 5.74) is 1.26. The summed E-state index contributed by atoms with van der Waals surface area (Å²) in [6.07, 6.45) is 0. The van der Waals surface area contributed by atoms with E-state index in [-0.39, 0.29) is 0 Å². The maximum Gasteiger partial charge on any atom is 0.129 e. The minimum absolute atomic E-state index is 1.10. The van der Waals surface area contributed by atoms with Gasteiger partial charge in [0.05, 0.1) is 8.45 Å². The molecule has 0 aliphatic heterocycles. The van der Waals surface area contributed by atoms with Crippen molar-refractivity contribution in [3.05, 3.63) is 37.6 Å². The molecule has 0 amide bonds. The number of rotatable bonds is 1. The number of hydrogen-bond acceptors (Lipinski definition) is 2. The second-order valence-corrected chi connectivity index (χ2v) is 5.36. The Bertz CT molecular complexity index is 411. The molecule has 0 bridgehead atoms. The fourth-order valence-electron chi connectivity index (χ4n) is 1.03. The number of halogens is 2. The van der Waals surface area contributed by atoms with Crippen molar-refractivity contribution in [3.63, 3.8) is 0 Å². The smallest absolute Gasteiger partial charge is 0.129 e. The van der Waals surface area contributed by atoms with Gasteiger partial charge in [-0.25, -0.2) is 0 Å². The van der Waals surface area contributed by atoms with Crippen molar-refractivity contribution in [1.82, 2.24) is 4.37 Å². The van der Waals surface area contributed by atoms with E-state index in [9.17, 15) is 0 Å². The molecule has 0 unspecified atom stereocenters. The molecule has 1 nitrogen and oxygen atoms in total. The molecule has 0 aliphatic rings. The Hall–Kier alpha value is 0.310. The summed E-state index contributed by atoms with van der Waals surface area (Å²) in [4.78, 5) is 1.27. The first-order valence-electron chi connectivity index (χ1n) is 3.65. The minimum atomic E-state index is 1.10. The van der Waals surface area contributed by atoms with Crippen LogP contribution in [0, 0.1) is 7.27 Å². The van der Waals surface area contributed by atoms with E-state index >= 15 is 0 Å². The zero-order valence-corrected chi connectivity index (χ0v) is 11.6. The lowest BCUT2D eigenvalue weighted by Crippen LogP contribution is -1.76. The average Bonchev–Trinajstić information content (AvgIpc) is 2.49. The Morgan fingerprint density at radius 2 is 1.77 bits per heavy atom. The van der Waals surface area contributed by atoms with Gasteiger partial charge in [-0.3, -0.25) is 0 Å². The van der Waals surface area contributed by atoms with Crippen LogP contribution in [0.5, 0.6) is 0 Å². The fraction of sp³-hybridized carbons (Fsp3) is 0. The predicted octanol–water partition coefficient (Wildman–Crippen LogP) is 4.02. The van der Waals surface area contributed by atoms with E-state index in [4.69, 9.17) is 0 Å². The van der Waals surface area contributed by atoms with Gasteiger partial charge in [0.15, 0.2) is 0 Å². The molecule has 0 spiro atoms. The maximum atomic E-state index is 4.31. The van der Waals surface area contributed by atoms with Crippen LogP contribution >= 0.6 is 56.7 Å². The zero-order valence-electron chi connectivity index (χ0n) is 6.50. The van der Waals surface area contributed by atoms with Gasteiger partial charge in [-0.05, 0) is 62.3 Å². The van der Waals surface area contributed by atoms with Gasteiger partial charge >= 0.3 is 0 Å². The van der Waals surface area contributed by atoms with E-state index in [0.717, 1.165) is 3.70 Å². The molecule has 0 saturated carbocycles. The highest BCUT2D eigenvalue weighted by Gasteiger charge is 2.09. The summed E-state index contributed by atoms with van der Waals surface area (Å²) >= 11 is 6.17. The highest BCUT2D eigenvalue weighted by Crippen LogP contribution is 2.31. The minimum Gasteiger partial charge on any atom is -0.185 e. The number of aromatic nitrogens is 1. The molecule has 4 heteroatoms. The fourth-order valence-corrected chi connectivity index (χ4v) is 3.35. The molecule has 66 valence electrons. The van der Waals surface area contributed by atoms with Crippen molar-refractivity contribution in [3.8, 4) is 10.4 Å². The molecule has 0 aliphatic carbocycles. The quantitative estimate of drug-likeness (QED) is 0.644. The summed E-state index contributed by atoms with van der Waals surface area (Å²) in [5, 5.41) is 0. The number of nitrogens with zero attached hydrogens (tertiary/aromatic N) is 1. The first-order valence-corrected chi connectivity index (χ1v) is 6.58. The highest BCUT2D eigenvalue weighted by molar-refractivity contribution is 14.1. The summed E-state index contributed by atoms with van der Waals surface area (Å²) in [5.74, 6) is 0. The van der Waals surface area contributed by atoms with E-state index < -0.39 is 0 Å². The van der Waals surface area contributed by atoms with E-state index in [1.165, 1.54) is 14.0 Å². The third kappa shape index (κ3) is 2.04. The lowest BCUT2D eigenvalue weighted by Gasteiger charge is -1.95. The first kappa shape index (κ1) is 9.85. The van der Waals surface area contributed by atoms with Gasteiger partial charge in [0.25, 0.3) is 0 Å². The SMILES string of the molecule is Ic1nsc(-c2ccccc2)c1I. The van der Waals surface area contributed by atoms with Gasteiger partial charge in [-0.2, -0.15) is 4.37 Å². The van der Waals surface area contributed by atoms with Crippen LogP contribution in [0.4, 0.5) is 0 Å². The molecule has 0 atom stereocenters. The Labute approximate surface area is 108 Å². The van der Waals surface area contributed by atoms with Crippen LogP contribution in [-0.4, -0.2) is 4.37 Å².